The standard InChI is InChI=1S/C9H13BrClN3O2S/c1-2-17(15,16)14-4-3-12-9-8(10)5-7(11)6-13-9/h5-6,14H,2-4H2,1H3,(H,12,13). The minimum Gasteiger partial charge on any atom is -0.368 e. The Labute approximate surface area is 114 Å². The highest BCUT2D eigenvalue weighted by molar-refractivity contribution is 9.10. The SMILES string of the molecule is CCS(=O)(=O)NCCNc1ncc(Cl)cc1Br. The fourth-order valence-corrected chi connectivity index (χ4v) is 2.43. The molecule has 0 bridgehead atoms. The molecule has 0 atom stereocenters. The van der Waals surface area contributed by atoms with Crippen LogP contribution < -0.4 is 10.0 Å². The molecule has 1 aromatic heterocycles. The van der Waals surface area contributed by atoms with Crippen molar-refractivity contribution in [2.24, 2.45) is 0 Å². The van der Waals surface area contributed by atoms with E-state index in [2.05, 4.69) is 31.0 Å². The summed E-state index contributed by atoms with van der Waals surface area (Å²) in [6.07, 6.45) is 1.52. The Morgan fingerprint density at radius 2 is 2.18 bits per heavy atom. The first-order valence-electron chi connectivity index (χ1n) is 4.97. The predicted molar refractivity (Wildman–Crippen MR) is 72.9 cm³/mol. The molecule has 2 N–H and O–H groups in total. The van der Waals surface area contributed by atoms with E-state index in [9.17, 15) is 8.42 Å². The van der Waals surface area contributed by atoms with Gasteiger partial charge >= 0.3 is 0 Å². The van der Waals surface area contributed by atoms with Crippen LogP contribution in [0.1, 0.15) is 6.92 Å². The summed E-state index contributed by atoms with van der Waals surface area (Å²) in [4.78, 5) is 4.06. The zero-order valence-electron chi connectivity index (χ0n) is 9.20. The van der Waals surface area contributed by atoms with Gasteiger partial charge in [-0.25, -0.2) is 18.1 Å². The zero-order chi connectivity index (χ0) is 12.9. The molecule has 0 spiro atoms. The maximum Gasteiger partial charge on any atom is 0.211 e. The third kappa shape index (κ3) is 5.20. The van der Waals surface area contributed by atoms with Crippen molar-refractivity contribution in [2.75, 3.05) is 24.2 Å². The van der Waals surface area contributed by atoms with Crippen LogP contribution in [0.25, 0.3) is 0 Å². The van der Waals surface area contributed by atoms with Crippen molar-refractivity contribution >= 4 is 43.4 Å². The molecule has 0 aliphatic heterocycles. The first-order chi connectivity index (χ1) is 7.94. The second kappa shape index (κ2) is 6.53. The van der Waals surface area contributed by atoms with Gasteiger partial charge in [0.2, 0.25) is 10.0 Å². The molecule has 17 heavy (non-hydrogen) atoms. The number of hydrogen-bond acceptors (Lipinski definition) is 4. The van der Waals surface area contributed by atoms with Crippen molar-refractivity contribution in [3.63, 3.8) is 0 Å². The van der Waals surface area contributed by atoms with E-state index in [1.807, 2.05) is 0 Å². The maximum absolute atomic E-state index is 11.1. The Morgan fingerprint density at radius 3 is 2.76 bits per heavy atom. The van der Waals surface area contributed by atoms with Crippen LogP contribution in [0.3, 0.4) is 0 Å². The van der Waals surface area contributed by atoms with E-state index >= 15 is 0 Å². The summed E-state index contributed by atoms with van der Waals surface area (Å²) < 4.78 is 25.5. The van der Waals surface area contributed by atoms with Crippen molar-refractivity contribution in [3.8, 4) is 0 Å². The molecule has 1 rings (SSSR count). The molecule has 5 nitrogen and oxygen atoms in total. The molecule has 0 aliphatic carbocycles. The average Bonchev–Trinajstić information content (AvgIpc) is 2.27. The quantitative estimate of drug-likeness (QED) is 0.774. The second-order valence-electron chi connectivity index (χ2n) is 3.21. The number of nitrogens with one attached hydrogen (secondary N) is 2. The maximum atomic E-state index is 11.1. The molecule has 1 heterocycles. The third-order valence-corrected chi connectivity index (χ3v) is 4.14. The van der Waals surface area contributed by atoms with E-state index in [4.69, 9.17) is 11.6 Å². The highest BCUT2D eigenvalue weighted by Gasteiger charge is 2.05. The summed E-state index contributed by atoms with van der Waals surface area (Å²) >= 11 is 9.05. The number of sulfonamides is 1. The average molecular weight is 343 g/mol. The summed E-state index contributed by atoms with van der Waals surface area (Å²) in [7, 11) is -3.13. The molecule has 0 fully saturated rings. The van der Waals surface area contributed by atoms with E-state index in [-0.39, 0.29) is 5.75 Å². The van der Waals surface area contributed by atoms with Crippen LogP contribution >= 0.6 is 27.5 Å². The fourth-order valence-electron chi connectivity index (χ4n) is 1.03. The number of hydrogen-bond donors (Lipinski definition) is 2. The van der Waals surface area contributed by atoms with Crippen molar-refractivity contribution in [3.05, 3.63) is 21.8 Å². The van der Waals surface area contributed by atoms with Crippen molar-refractivity contribution in [1.82, 2.24) is 9.71 Å². The summed E-state index contributed by atoms with van der Waals surface area (Å²) in [5, 5.41) is 3.53. The molecule has 0 saturated carbocycles. The van der Waals surface area contributed by atoms with Crippen LogP contribution in [-0.2, 0) is 10.0 Å². The molecular weight excluding hydrogens is 330 g/mol. The molecule has 96 valence electrons. The van der Waals surface area contributed by atoms with Gasteiger partial charge in [-0.1, -0.05) is 11.6 Å². The molecule has 0 aliphatic rings. The zero-order valence-corrected chi connectivity index (χ0v) is 12.4. The topological polar surface area (TPSA) is 71.1 Å². The van der Waals surface area contributed by atoms with E-state index in [1.54, 1.807) is 13.0 Å². The Kier molecular flexibility index (Phi) is 5.64. The van der Waals surface area contributed by atoms with Crippen molar-refractivity contribution in [2.45, 2.75) is 6.92 Å². The van der Waals surface area contributed by atoms with Gasteiger partial charge in [0.25, 0.3) is 0 Å². The van der Waals surface area contributed by atoms with Crippen LogP contribution in [0, 0.1) is 0 Å². The van der Waals surface area contributed by atoms with Gasteiger partial charge in [-0.3, -0.25) is 0 Å². The molecular formula is C9H13BrClN3O2S. The number of rotatable bonds is 6. The van der Waals surface area contributed by atoms with Gasteiger partial charge in [-0.15, -0.1) is 0 Å². The monoisotopic (exact) mass is 341 g/mol. The summed E-state index contributed by atoms with van der Waals surface area (Å²) in [5.41, 5.74) is 0. The number of nitrogens with zero attached hydrogens (tertiary/aromatic N) is 1. The molecule has 0 unspecified atom stereocenters. The number of halogens is 2. The lowest BCUT2D eigenvalue weighted by Crippen LogP contribution is -2.30. The van der Waals surface area contributed by atoms with Gasteiger partial charge in [-0.2, -0.15) is 0 Å². The van der Waals surface area contributed by atoms with Crippen LogP contribution in [0.5, 0.6) is 0 Å². The van der Waals surface area contributed by atoms with Crippen LogP contribution in [-0.4, -0.2) is 32.2 Å². The Bertz CT molecular complexity index is 481. The fraction of sp³-hybridized carbons (Fsp3) is 0.444. The third-order valence-electron chi connectivity index (χ3n) is 1.93. The lowest BCUT2D eigenvalue weighted by Gasteiger charge is -2.08. The summed E-state index contributed by atoms with van der Waals surface area (Å²) in [6, 6.07) is 1.72. The highest BCUT2D eigenvalue weighted by Crippen LogP contribution is 2.22. The largest absolute Gasteiger partial charge is 0.368 e. The first kappa shape index (κ1) is 14.7. The molecule has 0 saturated heterocycles. The van der Waals surface area contributed by atoms with E-state index in [0.29, 0.717) is 23.9 Å². The Balaban J connectivity index is 2.41. The van der Waals surface area contributed by atoms with Crippen molar-refractivity contribution < 1.29 is 8.42 Å². The number of pyridine rings is 1. The lowest BCUT2D eigenvalue weighted by molar-refractivity contribution is 0.584. The van der Waals surface area contributed by atoms with Gasteiger partial charge in [0, 0.05) is 19.3 Å². The van der Waals surface area contributed by atoms with Gasteiger partial charge in [0.05, 0.1) is 15.2 Å². The van der Waals surface area contributed by atoms with Crippen LogP contribution in [0.15, 0.2) is 16.7 Å². The summed E-state index contributed by atoms with van der Waals surface area (Å²) in [6.45, 7) is 2.35. The normalized spacial score (nSPS) is 11.5. The van der Waals surface area contributed by atoms with E-state index in [1.165, 1.54) is 6.20 Å². The Morgan fingerprint density at radius 1 is 1.47 bits per heavy atom. The van der Waals surface area contributed by atoms with Gasteiger partial charge in [-0.05, 0) is 28.9 Å². The minimum atomic E-state index is -3.13. The minimum absolute atomic E-state index is 0.0793. The molecule has 0 aromatic carbocycles. The highest BCUT2D eigenvalue weighted by atomic mass is 79.9. The first-order valence-corrected chi connectivity index (χ1v) is 7.79. The molecule has 0 amide bonds. The van der Waals surface area contributed by atoms with E-state index < -0.39 is 10.0 Å². The van der Waals surface area contributed by atoms with Crippen molar-refractivity contribution in [1.29, 1.82) is 0 Å². The van der Waals surface area contributed by atoms with E-state index in [0.717, 1.165) is 4.47 Å². The second-order valence-corrected chi connectivity index (χ2v) is 6.59. The molecule has 1 aromatic rings. The number of anilines is 1. The van der Waals surface area contributed by atoms with Crippen LogP contribution in [0.4, 0.5) is 5.82 Å². The van der Waals surface area contributed by atoms with Gasteiger partial charge < -0.3 is 5.32 Å². The molecule has 8 heteroatoms. The molecule has 0 radical (unpaired) electrons. The van der Waals surface area contributed by atoms with Gasteiger partial charge in [0.1, 0.15) is 5.82 Å². The van der Waals surface area contributed by atoms with Gasteiger partial charge in [0.15, 0.2) is 0 Å². The Hall–Kier alpha value is -0.370. The van der Waals surface area contributed by atoms with Crippen LogP contribution in [0.2, 0.25) is 5.02 Å². The smallest absolute Gasteiger partial charge is 0.211 e. The number of aromatic nitrogens is 1. The lowest BCUT2D eigenvalue weighted by atomic mass is 10.4. The predicted octanol–water partition coefficient (Wildman–Crippen LogP) is 1.85. The summed E-state index contributed by atoms with van der Waals surface area (Å²) in [5.74, 6) is 0.709.